The minimum atomic E-state index is -1.10. The average molecular weight is 426 g/mol. The molecule has 1 aromatic heterocycles. The van der Waals surface area contributed by atoms with Crippen molar-refractivity contribution in [3.05, 3.63) is 69.7 Å². The van der Waals surface area contributed by atoms with E-state index in [-0.39, 0.29) is 12.2 Å². The van der Waals surface area contributed by atoms with Crippen LogP contribution >= 0.6 is 11.3 Å². The van der Waals surface area contributed by atoms with Gasteiger partial charge in [0.2, 0.25) is 0 Å². The molecule has 7 nitrogen and oxygen atoms in total. The summed E-state index contributed by atoms with van der Waals surface area (Å²) >= 11 is 1.52. The molecule has 1 unspecified atom stereocenters. The topological polar surface area (TPSA) is 115 Å². The SMILES string of the molecule is CC(C)c1csc(COc2ccc(N)cc2NC(C=O)c2ccccc2C(=O)O)n1. The summed E-state index contributed by atoms with van der Waals surface area (Å²) in [6.45, 7) is 4.43. The van der Waals surface area contributed by atoms with Gasteiger partial charge >= 0.3 is 5.97 Å². The van der Waals surface area contributed by atoms with Crippen LogP contribution in [0.2, 0.25) is 0 Å². The second-order valence-corrected chi connectivity index (χ2v) is 7.96. The number of aldehydes is 1. The normalized spacial score (nSPS) is 11.8. The minimum Gasteiger partial charge on any atom is -0.484 e. The molecular formula is C22H23N3O4S. The Morgan fingerprint density at radius 1 is 1.30 bits per heavy atom. The number of nitrogens with two attached hydrogens (primary N) is 1. The molecular weight excluding hydrogens is 402 g/mol. The number of hydrogen-bond donors (Lipinski definition) is 3. The zero-order valence-corrected chi connectivity index (χ0v) is 17.5. The molecule has 156 valence electrons. The first-order chi connectivity index (χ1) is 14.4. The van der Waals surface area contributed by atoms with Crippen LogP contribution in [0.4, 0.5) is 11.4 Å². The number of nitrogen functional groups attached to an aromatic ring is 1. The Hall–Kier alpha value is -3.39. The van der Waals surface area contributed by atoms with Gasteiger partial charge in [0, 0.05) is 11.1 Å². The highest BCUT2D eigenvalue weighted by Crippen LogP contribution is 2.32. The van der Waals surface area contributed by atoms with Crippen LogP contribution in [0.1, 0.15) is 52.4 Å². The van der Waals surface area contributed by atoms with Crippen LogP contribution in [0.25, 0.3) is 0 Å². The van der Waals surface area contributed by atoms with Crippen molar-refractivity contribution in [2.75, 3.05) is 11.1 Å². The molecule has 0 radical (unpaired) electrons. The molecule has 0 spiro atoms. The molecule has 4 N–H and O–H groups in total. The average Bonchev–Trinajstić information content (AvgIpc) is 3.21. The summed E-state index contributed by atoms with van der Waals surface area (Å²) in [5.74, 6) is -0.274. The molecule has 3 aromatic rings. The van der Waals surface area contributed by atoms with E-state index >= 15 is 0 Å². The lowest BCUT2D eigenvalue weighted by Gasteiger charge is -2.19. The van der Waals surface area contributed by atoms with E-state index in [4.69, 9.17) is 10.5 Å². The van der Waals surface area contributed by atoms with E-state index < -0.39 is 12.0 Å². The lowest BCUT2D eigenvalue weighted by Crippen LogP contribution is -2.17. The van der Waals surface area contributed by atoms with Gasteiger partial charge in [-0.15, -0.1) is 11.3 Å². The van der Waals surface area contributed by atoms with Gasteiger partial charge in [-0.1, -0.05) is 32.0 Å². The van der Waals surface area contributed by atoms with Gasteiger partial charge in [-0.2, -0.15) is 0 Å². The third kappa shape index (κ3) is 4.96. The lowest BCUT2D eigenvalue weighted by atomic mass is 10.0. The van der Waals surface area contributed by atoms with Crippen LogP contribution in [0, 0.1) is 0 Å². The molecule has 0 bridgehead atoms. The molecule has 2 aromatic carbocycles. The van der Waals surface area contributed by atoms with Gasteiger partial charge in [0.15, 0.2) is 0 Å². The summed E-state index contributed by atoms with van der Waals surface area (Å²) in [5.41, 5.74) is 8.32. The highest BCUT2D eigenvalue weighted by molar-refractivity contribution is 7.09. The van der Waals surface area contributed by atoms with Gasteiger partial charge < -0.3 is 25.7 Å². The quantitative estimate of drug-likeness (QED) is 0.342. The molecule has 8 heteroatoms. The van der Waals surface area contributed by atoms with E-state index in [1.807, 2.05) is 5.38 Å². The predicted molar refractivity (Wildman–Crippen MR) is 117 cm³/mol. The first-order valence-corrected chi connectivity index (χ1v) is 10.3. The number of aromatic nitrogens is 1. The lowest BCUT2D eigenvalue weighted by molar-refractivity contribution is -0.108. The van der Waals surface area contributed by atoms with Crippen molar-refractivity contribution in [2.24, 2.45) is 0 Å². The number of carboxylic acids is 1. The highest BCUT2D eigenvalue weighted by Gasteiger charge is 2.20. The van der Waals surface area contributed by atoms with Crippen molar-refractivity contribution in [2.45, 2.75) is 32.4 Å². The number of carboxylic acid groups (broad SMARTS) is 1. The summed E-state index contributed by atoms with van der Waals surface area (Å²) in [7, 11) is 0. The summed E-state index contributed by atoms with van der Waals surface area (Å²) in [6.07, 6.45) is 0.657. The molecule has 1 atom stereocenters. The summed E-state index contributed by atoms with van der Waals surface area (Å²) < 4.78 is 5.93. The zero-order valence-electron chi connectivity index (χ0n) is 16.7. The standard InChI is InChI=1S/C22H23N3O4S/c1-13(2)19-12-30-21(25-19)11-29-20-8-7-14(23)9-17(20)24-18(10-26)15-5-3-4-6-16(15)22(27)28/h3-10,12-13,18,24H,11,23H2,1-2H3,(H,27,28). The van der Waals surface area contributed by atoms with Crippen molar-refractivity contribution in [1.82, 2.24) is 4.98 Å². The van der Waals surface area contributed by atoms with E-state index in [0.29, 0.717) is 34.9 Å². The van der Waals surface area contributed by atoms with Crippen LogP contribution < -0.4 is 15.8 Å². The number of hydrogen-bond acceptors (Lipinski definition) is 7. The maximum absolute atomic E-state index is 11.8. The Morgan fingerprint density at radius 2 is 2.07 bits per heavy atom. The monoisotopic (exact) mass is 425 g/mol. The van der Waals surface area contributed by atoms with Crippen LogP contribution in [0.3, 0.4) is 0 Å². The van der Waals surface area contributed by atoms with Gasteiger partial charge in [0.25, 0.3) is 0 Å². The van der Waals surface area contributed by atoms with Gasteiger partial charge in [0.05, 0.1) is 16.9 Å². The number of rotatable bonds is 9. The Morgan fingerprint density at radius 3 is 2.73 bits per heavy atom. The first kappa shape index (κ1) is 21.3. The maximum Gasteiger partial charge on any atom is 0.336 e. The van der Waals surface area contributed by atoms with E-state index in [2.05, 4.69) is 24.1 Å². The van der Waals surface area contributed by atoms with E-state index in [1.54, 1.807) is 36.4 Å². The summed E-state index contributed by atoms with van der Waals surface area (Å²) in [6, 6.07) is 10.5. The molecule has 30 heavy (non-hydrogen) atoms. The van der Waals surface area contributed by atoms with Gasteiger partial charge in [0.1, 0.15) is 29.7 Å². The number of carbonyl (C=O) groups excluding carboxylic acids is 1. The zero-order chi connectivity index (χ0) is 21.7. The van der Waals surface area contributed by atoms with Crippen molar-refractivity contribution in [1.29, 1.82) is 0 Å². The Kier molecular flexibility index (Phi) is 6.68. The second-order valence-electron chi connectivity index (χ2n) is 7.02. The molecule has 0 aliphatic heterocycles. The number of benzene rings is 2. The number of anilines is 2. The van der Waals surface area contributed by atoms with E-state index in [0.717, 1.165) is 10.7 Å². The van der Waals surface area contributed by atoms with Crippen molar-refractivity contribution in [3.63, 3.8) is 0 Å². The number of aromatic carboxylic acids is 1. The van der Waals surface area contributed by atoms with Crippen LogP contribution in [-0.2, 0) is 11.4 Å². The van der Waals surface area contributed by atoms with Crippen LogP contribution in [0.15, 0.2) is 47.8 Å². The van der Waals surface area contributed by atoms with Crippen molar-refractivity contribution < 1.29 is 19.4 Å². The summed E-state index contributed by atoms with van der Waals surface area (Å²) in [4.78, 5) is 27.9. The summed E-state index contributed by atoms with van der Waals surface area (Å²) in [5, 5.41) is 15.3. The van der Waals surface area contributed by atoms with Crippen molar-refractivity contribution >= 4 is 35.0 Å². The molecule has 0 aliphatic rings. The fourth-order valence-corrected chi connectivity index (χ4v) is 3.76. The van der Waals surface area contributed by atoms with Crippen molar-refractivity contribution in [3.8, 4) is 5.75 Å². The van der Waals surface area contributed by atoms with Gasteiger partial charge in [-0.05, 0) is 35.7 Å². The molecule has 3 rings (SSSR count). The Bertz CT molecular complexity index is 1050. The Balaban J connectivity index is 1.84. The molecule has 0 amide bonds. The minimum absolute atomic E-state index is 0.0532. The number of nitrogens with zero attached hydrogens (tertiary/aromatic N) is 1. The van der Waals surface area contributed by atoms with Crippen LogP contribution in [-0.4, -0.2) is 22.3 Å². The molecule has 0 saturated carbocycles. The van der Waals surface area contributed by atoms with Gasteiger partial charge in [-0.25, -0.2) is 9.78 Å². The van der Waals surface area contributed by atoms with Crippen LogP contribution in [0.5, 0.6) is 5.75 Å². The fourth-order valence-electron chi connectivity index (χ4n) is 2.90. The number of nitrogens with one attached hydrogen (secondary N) is 1. The first-order valence-electron chi connectivity index (χ1n) is 9.39. The third-order valence-electron chi connectivity index (χ3n) is 4.49. The van der Waals surface area contributed by atoms with E-state index in [9.17, 15) is 14.7 Å². The van der Waals surface area contributed by atoms with E-state index in [1.165, 1.54) is 17.4 Å². The smallest absolute Gasteiger partial charge is 0.336 e. The second kappa shape index (κ2) is 9.41. The number of ether oxygens (including phenoxy) is 1. The molecule has 0 aliphatic carbocycles. The molecule has 1 heterocycles. The van der Waals surface area contributed by atoms with Gasteiger partial charge in [-0.3, -0.25) is 0 Å². The Labute approximate surface area is 178 Å². The fraction of sp³-hybridized carbons (Fsp3) is 0.227. The molecule has 0 fully saturated rings. The third-order valence-corrected chi connectivity index (χ3v) is 5.33. The predicted octanol–water partition coefficient (Wildman–Crippen LogP) is 4.48. The molecule has 0 saturated heterocycles. The number of carbonyl (C=O) groups is 2. The largest absolute Gasteiger partial charge is 0.484 e. The number of thiazole rings is 1. The maximum atomic E-state index is 11.8. The highest BCUT2D eigenvalue weighted by atomic mass is 32.1.